The first-order valence-corrected chi connectivity index (χ1v) is 10.2. The van der Waals surface area contributed by atoms with Gasteiger partial charge in [-0.1, -0.05) is 13.8 Å². The molecule has 0 aliphatic rings. The summed E-state index contributed by atoms with van der Waals surface area (Å²) in [5, 5.41) is 0. The maximum atomic E-state index is 13.3. The van der Waals surface area contributed by atoms with Crippen LogP contribution in [0.5, 0.6) is 0 Å². The number of rotatable bonds is 6. The number of anilines is 1. The molecular weight excluding hydrogens is 369 g/mol. The Kier molecular flexibility index (Phi) is 6.10. The summed E-state index contributed by atoms with van der Waals surface area (Å²) >= 11 is 0. The Morgan fingerprint density at radius 3 is 2.26 bits per heavy atom. The van der Waals surface area contributed by atoms with Crippen molar-refractivity contribution < 1.29 is 17.6 Å². The molecule has 0 unspecified atom stereocenters. The molecule has 2 aromatic rings. The minimum Gasteiger partial charge on any atom is -0.295 e. The van der Waals surface area contributed by atoms with E-state index in [0.29, 0.717) is 22.5 Å². The van der Waals surface area contributed by atoms with E-state index in [-0.39, 0.29) is 17.6 Å². The summed E-state index contributed by atoms with van der Waals surface area (Å²) in [5.74, 6) is -0.593. The first kappa shape index (κ1) is 20.7. The number of carbonyl (C=O) groups excluding carboxylic acids is 1. The van der Waals surface area contributed by atoms with Gasteiger partial charge in [0.05, 0.1) is 17.6 Å². The van der Waals surface area contributed by atoms with Gasteiger partial charge in [0.2, 0.25) is 16.0 Å². The topological polar surface area (TPSA) is 80.2 Å². The van der Waals surface area contributed by atoms with E-state index < -0.39 is 15.8 Å². The molecule has 0 saturated heterocycles. The van der Waals surface area contributed by atoms with Crippen LogP contribution in [0.15, 0.2) is 30.3 Å². The van der Waals surface area contributed by atoms with E-state index in [1.54, 1.807) is 18.2 Å². The van der Waals surface area contributed by atoms with Crippen molar-refractivity contribution in [2.45, 2.75) is 26.7 Å². The Labute approximate surface area is 158 Å². The van der Waals surface area contributed by atoms with Crippen LogP contribution in [0.2, 0.25) is 0 Å². The molecule has 1 heterocycles. The number of halogens is 1. The van der Waals surface area contributed by atoms with Crippen LogP contribution in [0.4, 0.5) is 10.3 Å². The lowest BCUT2D eigenvalue weighted by Gasteiger charge is -2.20. The van der Waals surface area contributed by atoms with Gasteiger partial charge in [-0.05, 0) is 49.3 Å². The van der Waals surface area contributed by atoms with Crippen molar-refractivity contribution in [3.05, 3.63) is 47.4 Å². The fourth-order valence-electron chi connectivity index (χ4n) is 2.40. The predicted octanol–water partition coefficient (Wildman–Crippen LogP) is 3.40. The van der Waals surface area contributed by atoms with Gasteiger partial charge in [-0.15, -0.1) is 0 Å². The van der Waals surface area contributed by atoms with Crippen molar-refractivity contribution in [2.24, 2.45) is 0 Å². The first-order valence-electron chi connectivity index (χ1n) is 8.31. The molecule has 1 aromatic heterocycles. The van der Waals surface area contributed by atoms with Crippen LogP contribution in [0.3, 0.4) is 0 Å². The molecule has 0 radical (unpaired) electrons. The lowest BCUT2D eigenvalue weighted by atomic mass is 9.98. The average molecular weight is 391 g/mol. The summed E-state index contributed by atoms with van der Waals surface area (Å²) in [6.45, 7) is 5.24. The molecule has 2 rings (SSSR count). The standard InChI is InChI=1S/C19H22FN3O3S/c1-12(2)17-16(11-6-13(3)24)18(14-7-9-15(20)10-8-14)22-19(21-17)23(4)27(5,25)26/h6-12H,1-5H3/b11-6+. The first-order chi connectivity index (χ1) is 12.5. The molecule has 0 N–H and O–H groups in total. The maximum Gasteiger partial charge on any atom is 0.239 e. The quantitative estimate of drug-likeness (QED) is 0.705. The van der Waals surface area contributed by atoms with Crippen LogP contribution in [0.1, 0.15) is 37.9 Å². The Morgan fingerprint density at radius 2 is 1.78 bits per heavy atom. The largest absolute Gasteiger partial charge is 0.295 e. The highest BCUT2D eigenvalue weighted by Crippen LogP contribution is 2.31. The van der Waals surface area contributed by atoms with Gasteiger partial charge < -0.3 is 0 Å². The van der Waals surface area contributed by atoms with Crippen molar-refractivity contribution in [3.8, 4) is 11.3 Å². The monoisotopic (exact) mass is 391 g/mol. The number of sulfonamides is 1. The lowest BCUT2D eigenvalue weighted by molar-refractivity contribution is -0.112. The van der Waals surface area contributed by atoms with Crippen LogP contribution in [-0.4, -0.2) is 37.5 Å². The van der Waals surface area contributed by atoms with Gasteiger partial charge in [0, 0.05) is 18.2 Å². The predicted molar refractivity (Wildman–Crippen MR) is 104 cm³/mol. The number of hydrogen-bond acceptors (Lipinski definition) is 5. The minimum absolute atomic E-state index is 0.0144. The summed E-state index contributed by atoms with van der Waals surface area (Å²) in [5.41, 5.74) is 2.20. The smallest absolute Gasteiger partial charge is 0.239 e. The lowest BCUT2D eigenvalue weighted by Crippen LogP contribution is -2.27. The van der Waals surface area contributed by atoms with Gasteiger partial charge in [-0.3, -0.25) is 4.79 Å². The van der Waals surface area contributed by atoms with Crippen molar-refractivity contribution in [1.29, 1.82) is 0 Å². The molecule has 8 heteroatoms. The Balaban J connectivity index is 2.84. The van der Waals surface area contributed by atoms with Crippen LogP contribution in [0, 0.1) is 5.82 Å². The fourth-order valence-corrected chi connectivity index (χ4v) is 2.77. The summed E-state index contributed by atoms with van der Waals surface area (Å²) in [6, 6.07) is 5.70. The summed E-state index contributed by atoms with van der Waals surface area (Å²) in [6.07, 6.45) is 4.07. The molecule has 0 saturated carbocycles. The van der Waals surface area contributed by atoms with Crippen LogP contribution in [0.25, 0.3) is 17.3 Å². The Hall–Kier alpha value is -2.61. The number of carbonyl (C=O) groups is 1. The van der Waals surface area contributed by atoms with Gasteiger partial charge in [-0.25, -0.2) is 27.1 Å². The molecule has 0 atom stereocenters. The number of benzene rings is 1. The van der Waals surface area contributed by atoms with Crippen LogP contribution >= 0.6 is 0 Å². The molecule has 144 valence electrons. The Bertz CT molecular complexity index is 984. The number of ketones is 1. The molecule has 27 heavy (non-hydrogen) atoms. The van der Waals surface area contributed by atoms with E-state index in [2.05, 4.69) is 9.97 Å². The molecular formula is C19H22FN3O3S. The Morgan fingerprint density at radius 1 is 1.19 bits per heavy atom. The molecule has 0 aliphatic heterocycles. The van der Waals surface area contributed by atoms with E-state index >= 15 is 0 Å². The average Bonchev–Trinajstić information content (AvgIpc) is 2.58. The van der Waals surface area contributed by atoms with E-state index in [4.69, 9.17) is 0 Å². The summed E-state index contributed by atoms with van der Waals surface area (Å²) < 4.78 is 38.2. The third-order valence-corrected chi connectivity index (χ3v) is 5.05. The molecule has 0 amide bonds. The zero-order valence-corrected chi connectivity index (χ0v) is 16.7. The highest BCUT2D eigenvalue weighted by atomic mass is 32.2. The van der Waals surface area contributed by atoms with Gasteiger partial charge in [0.25, 0.3) is 0 Å². The molecule has 1 aromatic carbocycles. The van der Waals surface area contributed by atoms with Gasteiger partial charge in [0.15, 0.2) is 5.78 Å². The van der Waals surface area contributed by atoms with E-state index in [9.17, 15) is 17.6 Å². The highest BCUT2D eigenvalue weighted by Gasteiger charge is 2.22. The minimum atomic E-state index is -3.57. The molecule has 0 aliphatic carbocycles. The van der Waals surface area contributed by atoms with Crippen molar-refractivity contribution in [1.82, 2.24) is 9.97 Å². The van der Waals surface area contributed by atoms with Crippen LogP contribution in [-0.2, 0) is 14.8 Å². The van der Waals surface area contributed by atoms with Crippen molar-refractivity contribution in [2.75, 3.05) is 17.6 Å². The molecule has 0 spiro atoms. The normalized spacial score (nSPS) is 12.0. The highest BCUT2D eigenvalue weighted by molar-refractivity contribution is 7.92. The maximum absolute atomic E-state index is 13.3. The van der Waals surface area contributed by atoms with Gasteiger partial charge in [-0.2, -0.15) is 0 Å². The molecule has 0 bridgehead atoms. The van der Waals surface area contributed by atoms with Gasteiger partial charge in [0.1, 0.15) is 5.82 Å². The number of hydrogen-bond donors (Lipinski definition) is 0. The second kappa shape index (κ2) is 7.96. The van der Waals surface area contributed by atoms with E-state index in [1.807, 2.05) is 13.8 Å². The van der Waals surface area contributed by atoms with E-state index in [1.165, 1.54) is 32.2 Å². The third kappa shape index (κ3) is 4.97. The third-order valence-electron chi connectivity index (χ3n) is 3.89. The molecule has 6 nitrogen and oxygen atoms in total. The van der Waals surface area contributed by atoms with Gasteiger partial charge >= 0.3 is 0 Å². The number of aromatic nitrogens is 2. The zero-order valence-electron chi connectivity index (χ0n) is 15.9. The second-order valence-electron chi connectivity index (χ2n) is 6.51. The van der Waals surface area contributed by atoms with E-state index in [0.717, 1.165) is 10.6 Å². The number of nitrogens with zero attached hydrogens (tertiary/aromatic N) is 3. The molecule has 0 fully saturated rings. The second-order valence-corrected chi connectivity index (χ2v) is 8.52. The fraction of sp³-hybridized carbons (Fsp3) is 0.316. The zero-order chi connectivity index (χ0) is 20.4. The van der Waals surface area contributed by atoms with Crippen molar-refractivity contribution in [3.63, 3.8) is 0 Å². The number of allylic oxidation sites excluding steroid dienone is 1. The summed E-state index contributed by atoms with van der Waals surface area (Å²) in [4.78, 5) is 20.3. The SMILES string of the molecule is CC(=O)/C=C/c1c(-c2ccc(F)cc2)nc(N(C)S(C)(=O)=O)nc1C(C)C. The summed E-state index contributed by atoms with van der Waals surface area (Å²) in [7, 11) is -2.20. The van der Waals surface area contributed by atoms with Crippen LogP contribution < -0.4 is 4.31 Å². The van der Waals surface area contributed by atoms with Crippen molar-refractivity contribution >= 4 is 27.8 Å².